The number of hydrogen-bond acceptors (Lipinski definition) is 5. The van der Waals surface area contributed by atoms with E-state index < -0.39 is 16.0 Å². The van der Waals surface area contributed by atoms with E-state index in [4.69, 9.17) is 5.73 Å². The van der Waals surface area contributed by atoms with Crippen molar-refractivity contribution in [2.24, 2.45) is 0 Å². The lowest BCUT2D eigenvalue weighted by atomic mass is 10.2. The Morgan fingerprint density at radius 1 is 1.33 bits per heavy atom. The van der Waals surface area contributed by atoms with E-state index in [1.807, 2.05) is 12.1 Å². The van der Waals surface area contributed by atoms with Crippen LogP contribution in [0.4, 0.5) is 5.69 Å². The van der Waals surface area contributed by atoms with Gasteiger partial charge in [-0.1, -0.05) is 12.1 Å². The average molecular weight is 312 g/mol. The summed E-state index contributed by atoms with van der Waals surface area (Å²) in [5.74, 6) is -0.729. The zero-order valence-electron chi connectivity index (χ0n) is 12.0. The summed E-state index contributed by atoms with van der Waals surface area (Å²) in [5, 5.41) is 0. The van der Waals surface area contributed by atoms with E-state index in [9.17, 15) is 13.2 Å². The number of anilines is 1. The third kappa shape index (κ3) is 4.44. The van der Waals surface area contributed by atoms with Gasteiger partial charge in [-0.15, -0.1) is 0 Å². The van der Waals surface area contributed by atoms with Crippen LogP contribution >= 0.6 is 0 Å². The molecule has 1 aliphatic carbocycles. The van der Waals surface area contributed by atoms with Crippen molar-refractivity contribution < 1.29 is 17.9 Å². The van der Waals surface area contributed by atoms with Gasteiger partial charge in [-0.25, -0.2) is 8.42 Å². The van der Waals surface area contributed by atoms with E-state index in [1.165, 1.54) is 11.4 Å². The van der Waals surface area contributed by atoms with Crippen LogP contribution in [0, 0.1) is 0 Å². The fourth-order valence-electron chi connectivity index (χ4n) is 2.05. The largest absolute Gasteiger partial charge is 0.469 e. The third-order valence-corrected chi connectivity index (χ3v) is 5.28. The Hall–Kier alpha value is -1.60. The first-order valence-corrected chi connectivity index (χ1v) is 8.44. The zero-order valence-corrected chi connectivity index (χ0v) is 12.8. The van der Waals surface area contributed by atoms with Crippen molar-refractivity contribution in [3.63, 3.8) is 0 Å². The SMILES string of the molecule is COC(=O)CCS(=O)(=O)N(Cc1ccc(N)cc1)C1CC1. The topological polar surface area (TPSA) is 89.7 Å². The van der Waals surface area contributed by atoms with Gasteiger partial charge in [0.15, 0.2) is 0 Å². The second-order valence-corrected chi connectivity index (χ2v) is 7.20. The molecule has 0 bridgehead atoms. The highest BCUT2D eigenvalue weighted by Crippen LogP contribution is 2.31. The van der Waals surface area contributed by atoms with Gasteiger partial charge < -0.3 is 10.5 Å². The van der Waals surface area contributed by atoms with Gasteiger partial charge in [0, 0.05) is 18.3 Å². The molecule has 0 spiro atoms. The summed E-state index contributed by atoms with van der Waals surface area (Å²) in [7, 11) is -2.22. The Bertz CT molecular complexity index is 594. The number of nitrogens with two attached hydrogens (primary N) is 1. The van der Waals surface area contributed by atoms with Crippen LogP contribution in [0.25, 0.3) is 0 Å². The highest BCUT2D eigenvalue weighted by atomic mass is 32.2. The lowest BCUT2D eigenvalue weighted by molar-refractivity contribution is -0.140. The van der Waals surface area contributed by atoms with Crippen LogP contribution in [-0.2, 0) is 26.1 Å². The minimum absolute atomic E-state index is 0.0465. The molecule has 0 aromatic heterocycles. The van der Waals surface area contributed by atoms with Gasteiger partial charge in [-0.2, -0.15) is 4.31 Å². The van der Waals surface area contributed by atoms with Crippen LogP contribution in [-0.4, -0.2) is 37.6 Å². The molecule has 2 N–H and O–H groups in total. The summed E-state index contributed by atoms with van der Waals surface area (Å²) in [4.78, 5) is 11.1. The Morgan fingerprint density at radius 3 is 2.48 bits per heavy atom. The molecule has 1 aliphatic rings. The second kappa shape index (κ2) is 6.44. The van der Waals surface area contributed by atoms with Crippen molar-refractivity contribution in [1.82, 2.24) is 4.31 Å². The number of hydrogen-bond donors (Lipinski definition) is 1. The molecule has 0 unspecified atom stereocenters. The molecule has 1 saturated carbocycles. The molecule has 7 heteroatoms. The van der Waals surface area contributed by atoms with E-state index in [2.05, 4.69) is 4.74 Å². The number of methoxy groups -OCH3 is 1. The predicted molar refractivity (Wildman–Crippen MR) is 79.8 cm³/mol. The molecule has 0 heterocycles. The lowest BCUT2D eigenvalue weighted by Gasteiger charge is -2.21. The van der Waals surface area contributed by atoms with E-state index in [0.29, 0.717) is 12.2 Å². The smallest absolute Gasteiger partial charge is 0.306 e. The van der Waals surface area contributed by atoms with Crippen molar-refractivity contribution in [3.05, 3.63) is 29.8 Å². The highest BCUT2D eigenvalue weighted by molar-refractivity contribution is 7.89. The van der Waals surface area contributed by atoms with Crippen LogP contribution in [0.2, 0.25) is 0 Å². The van der Waals surface area contributed by atoms with Crippen LogP contribution in [0.3, 0.4) is 0 Å². The summed E-state index contributed by atoms with van der Waals surface area (Å²) >= 11 is 0. The molecule has 6 nitrogen and oxygen atoms in total. The number of rotatable bonds is 7. The van der Waals surface area contributed by atoms with E-state index >= 15 is 0 Å². The van der Waals surface area contributed by atoms with E-state index in [0.717, 1.165) is 18.4 Å². The Labute approximate surface area is 124 Å². The molecule has 0 aliphatic heterocycles. The number of nitrogens with zero attached hydrogens (tertiary/aromatic N) is 1. The van der Waals surface area contributed by atoms with Gasteiger partial charge >= 0.3 is 5.97 Å². The molecule has 116 valence electrons. The van der Waals surface area contributed by atoms with Crippen molar-refractivity contribution in [2.75, 3.05) is 18.6 Å². The molecule has 1 aromatic rings. The van der Waals surface area contributed by atoms with Crippen LogP contribution in [0.1, 0.15) is 24.8 Å². The maximum atomic E-state index is 12.4. The van der Waals surface area contributed by atoms with Crippen LogP contribution < -0.4 is 5.73 Å². The highest BCUT2D eigenvalue weighted by Gasteiger charge is 2.37. The molecule has 1 fully saturated rings. The molecule has 0 radical (unpaired) electrons. The minimum Gasteiger partial charge on any atom is -0.469 e. The number of carbonyl (C=O) groups excluding carboxylic acids is 1. The Kier molecular flexibility index (Phi) is 4.84. The molecule has 1 aromatic carbocycles. The Balaban J connectivity index is 2.07. The van der Waals surface area contributed by atoms with Gasteiger partial charge in [0.2, 0.25) is 10.0 Å². The number of nitrogen functional groups attached to an aromatic ring is 1. The summed E-state index contributed by atoms with van der Waals surface area (Å²) < 4.78 is 30.8. The molecule has 0 saturated heterocycles. The van der Waals surface area contributed by atoms with Crippen molar-refractivity contribution in [3.8, 4) is 0 Å². The first-order valence-electron chi connectivity index (χ1n) is 6.83. The second-order valence-electron chi connectivity index (χ2n) is 5.16. The van der Waals surface area contributed by atoms with Crippen LogP contribution in [0.5, 0.6) is 0 Å². The normalized spacial score (nSPS) is 15.1. The molecule has 2 rings (SSSR count). The van der Waals surface area contributed by atoms with Gasteiger partial charge in [-0.3, -0.25) is 4.79 Å². The summed E-state index contributed by atoms with van der Waals surface area (Å²) in [6, 6.07) is 7.19. The molecule has 0 amide bonds. The van der Waals surface area contributed by atoms with Crippen LogP contribution in [0.15, 0.2) is 24.3 Å². The molecular weight excluding hydrogens is 292 g/mol. The third-order valence-electron chi connectivity index (χ3n) is 3.42. The summed E-state index contributed by atoms with van der Waals surface area (Å²) in [5.41, 5.74) is 7.16. The predicted octanol–water partition coefficient (Wildman–Crippen LogP) is 1.13. The number of ether oxygens (including phenoxy) is 1. The lowest BCUT2D eigenvalue weighted by Crippen LogP contribution is -2.35. The zero-order chi connectivity index (χ0) is 15.5. The van der Waals surface area contributed by atoms with Gasteiger partial charge in [0.25, 0.3) is 0 Å². The van der Waals surface area contributed by atoms with Crippen molar-refractivity contribution in [1.29, 1.82) is 0 Å². The maximum absolute atomic E-state index is 12.4. The molecule has 0 atom stereocenters. The average Bonchev–Trinajstić information content (AvgIpc) is 3.28. The molecular formula is C14H20N2O4S. The number of sulfonamides is 1. The fourth-order valence-corrected chi connectivity index (χ4v) is 3.72. The fraction of sp³-hybridized carbons (Fsp3) is 0.500. The van der Waals surface area contributed by atoms with Gasteiger partial charge in [-0.05, 0) is 30.5 Å². The van der Waals surface area contributed by atoms with E-state index in [-0.39, 0.29) is 18.2 Å². The quantitative estimate of drug-likeness (QED) is 0.602. The monoisotopic (exact) mass is 312 g/mol. The van der Waals surface area contributed by atoms with E-state index in [1.54, 1.807) is 12.1 Å². The van der Waals surface area contributed by atoms with Gasteiger partial charge in [0.05, 0.1) is 19.3 Å². The maximum Gasteiger partial charge on any atom is 0.306 e. The molecule has 21 heavy (non-hydrogen) atoms. The minimum atomic E-state index is -3.47. The number of esters is 1. The Morgan fingerprint density at radius 2 is 1.95 bits per heavy atom. The first-order chi connectivity index (χ1) is 9.92. The summed E-state index contributed by atoms with van der Waals surface area (Å²) in [6.45, 7) is 0.314. The standard InChI is InChI=1S/C14H20N2O4S/c1-20-14(17)8-9-21(18,19)16(13-6-7-13)10-11-2-4-12(15)5-3-11/h2-5,13H,6-10,15H2,1H3. The van der Waals surface area contributed by atoms with Crippen molar-refractivity contribution >= 4 is 21.7 Å². The van der Waals surface area contributed by atoms with Gasteiger partial charge in [0.1, 0.15) is 0 Å². The summed E-state index contributed by atoms with van der Waals surface area (Å²) in [6.07, 6.45) is 1.61. The first kappa shape index (κ1) is 15.8. The number of benzene rings is 1. The van der Waals surface area contributed by atoms with Crippen molar-refractivity contribution in [2.45, 2.75) is 31.8 Å². The number of carbonyl (C=O) groups is 1.